The van der Waals surface area contributed by atoms with E-state index in [1.165, 1.54) is 5.01 Å². The molecule has 2 aliphatic heterocycles. The van der Waals surface area contributed by atoms with Crippen LogP contribution in [0.1, 0.15) is 36.4 Å². The van der Waals surface area contributed by atoms with Crippen LogP contribution in [0.25, 0.3) is 0 Å². The van der Waals surface area contributed by atoms with Gasteiger partial charge < -0.3 is 14.8 Å². The summed E-state index contributed by atoms with van der Waals surface area (Å²) in [6, 6.07) is 17.8. The Hall–Kier alpha value is -3.23. The van der Waals surface area contributed by atoms with E-state index in [4.69, 9.17) is 9.47 Å². The molecule has 1 fully saturated rings. The summed E-state index contributed by atoms with van der Waals surface area (Å²) < 4.78 is 10.8. The van der Waals surface area contributed by atoms with Crippen molar-refractivity contribution in [3.8, 4) is 5.75 Å². The first-order chi connectivity index (χ1) is 16.6. The van der Waals surface area contributed by atoms with E-state index >= 15 is 0 Å². The molecule has 180 valence electrons. The summed E-state index contributed by atoms with van der Waals surface area (Å²) in [6.45, 7) is 4.00. The zero-order valence-corrected chi connectivity index (χ0v) is 19.6. The fraction of sp³-hybridized carbons (Fsp3) is 0.423. The van der Waals surface area contributed by atoms with Crippen LogP contribution in [-0.4, -0.2) is 73.9 Å². The minimum atomic E-state index is -0.133. The first-order valence-corrected chi connectivity index (χ1v) is 11.8. The van der Waals surface area contributed by atoms with Crippen LogP contribution in [0, 0.1) is 0 Å². The summed E-state index contributed by atoms with van der Waals surface area (Å²) in [5.74, 6) is 0.541. The number of amides is 2. The molecule has 2 heterocycles. The van der Waals surface area contributed by atoms with Crippen LogP contribution >= 0.6 is 0 Å². The van der Waals surface area contributed by atoms with E-state index in [9.17, 15) is 9.59 Å². The number of hydrogen-bond donors (Lipinski definition) is 1. The van der Waals surface area contributed by atoms with Gasteiger partial charge in [-0.3, -0.25) is 14.5 Å². The van der Waals surface area contributed by atoms with Gasteiger partial charge >= 0.3 is 0 Å². The Kier molecular flexibility index (Phi) is 8.27. The SMILES string of the molecule is COc1ccc(C(CNC(=O)CCC(=O)N2CCC(c3ccccc3)=N2)N2CCOCC2)cc1. The Labute approximate surface area is 200 Å². The number of morpholine rings is 1. The molecule has 0 saturated carbocycles. The van der Waals surface area contributed by atoms with Crippen molar-refractivity contribution >= 4 is 17.5 Å². The third kappa shape index (κ3) is 6.21. The highest BCUT2D eigenvalue weighted by atomic mass is 16.5. The minimum Gasteiger partial charge on any atom is -0.497 e. The maximum absolute atomic E-state index is 12.6. The molecular weight excluding hydrogens is 432 g/mol. The molecule has 2 aromatic rings. The quantitative estimate of drug-likeness (QED) is 0.617. The zero-order valence-electron chi connectivity index (χ0n) is 19.6. The molecule has 0 aliphatic carbocycles. The smallest absolute Gasteiger partial charge is 0.243 e. The standard InChI is InChI=1S/C26H32N4O4/c1-33-22-9-7-21(8-10-22)24(29-15-17-34-18-16-29)19-27-25(31)11-12-26(32)30-14-13-23(28-30)20-5-3-2-4-6-20/h2-10,24H,11-19H2,1H3,(H,27,31). The van der Waals surface area contributed by atoms with Crippen LogP contribution in [0.15, 0.2) is 59.7 Å². The number of carbonyl (C=O) groups is 2. The molecule has 34 heavy (non-hydrogen) atoms. The van der Waals surface area contributed by atoms with E-state index in [1.807, 2.05) is 54.6 Å². The van der Waals surface area contributed by atoms with Crippen molar-refractivity contribution in [3.05, 3.63) is 65.7 Å². The molecule has 1 unspecified atom stereocenters. The molecule has 0 radical (unpaired) electrons. The van der Waals surface area contributed by atoms with Gasteiger partial charge in [0, 0.05) is 38.9 Å². The van der Waals surface area contributed by atoms with Gasteiger partial charge in [0.2, 0.25) is 11.8 Å². The van der Waals surface area contributed by atoms with E-state index in [0.29, 0.717) is 26.3 Å². The van der Waals surface area contributed by atoms with Gasteiger partial charge in [0.1, 0.15) is 5.75 Å². The molecule has 0 bridgehead atoms. The lowest BCUT2D eigenvalue weighted by Crippen LogP contribution is -2.43. The number of nitrogens with zero attached hydrogens (tertiary/aromatic N) is 3. The van der Waals surface area contributed by atoms with E-state index in [2.05, 4.69) is 15.3 Å². The topological polar surface area (TPSA) is 83.5 Å². The Morgan fingerprint density at radius 1 is 1.03 bits per heavy atom. The number of benzene rings is 2. The fourth-order valence-corrected chi connectivity index (χ4v) is 4.29. The van der Waals surface area contributed by atoms with Crippen molar-refractivity contribution in [2.75, 3.05) is 46.5 Å². The van der Waals surface area contributed by atoms with Crippen LogP contribution < -0.4 is 10.1 Å². The highest BCUT2D eigenvalue weighted by Gasteiger charge is 2.25. The summed E-state index contributed by atoms with van der Waals surface area (Å²) in [5.41, 5.74) is 3.05. The van der Waals surface area contributed by atoms with Crippen molar-refractivity contribution in [2.24, 2.45) is 5.10 Å². The maximum Gasteiger partial charge on any atom is 0.243 e. The fourth-order valence-electron chi connectivity index (χ4n) is 4.29. The summed E-state index contributed by atoms with van der Waals surface area (Å²) in [4.78, 5) is 27.5. The Balaban J connectivity index is 1.29. The molecule has 2 aliphatic rings. The molecule has 2 aromatic carbocycles. The first-order valence-electron chi connectivity index (χ1n) is 11.8. The van der Waals surface area contributed by atoms with E-state index in [1.54, 1.807) is 7.11 Å². The lowest BCUT2D eigenvalue weighted by molar-refractivity contribution is -0.133. The van der Waals surface area contributed by atoms with Gasteiger partial charge in [-0.05, 0) is 23.3 Å². The van der Waals surface area contributed by atoms with Crippen molar-refractivity contribution in [1.29, 1.82) is 0 Å². The number of hydrazone groups is 1. The molecular formula is C26H32N4O4. The Morgan fingerprint density at radius 3 is 2.47 bits per heavy atom. The molecule has 4 rings (SSSR count). The van der Waals surface area contributed by atoms with Crippen molar-refractivity contribution in [1.82, 2.24) is 15.2 Å². The van der Waals surface area contributed by atoms with Crippen LogP contribution in [0.2, 0.25) is 0 Å². The highest BCUT2D eigenvalue weighted by Crippen LogP contribution is 2.24. The van der Waals surface area contributed by atoms with Gasteiger partial charge in [0.25, 0.3) is 0 Å². The normalized spacial score (nSPS) is 17.2. The third-order valence-corrected chi connectivity index (χ3v) is 6.24. The number of ether oxygens (including phenoxy) is 2. The largest absolute Gasteiger partial charge is 0.497 e. The number of methoxy groups -OCH3 is 1. The zero-order chi connectivity index (χ0) is 23.8. The molecule has 8 nitrogen and oxygen atoms in total. The van der Waals surface area contributed by atoms with Gasteiger partial charge in [-0.1, -0.05) is 42.5 Å². The van der Waals surface area contributed by atoms with Crippen LogP contribution in [-0.2, 0) is 14.3 Å². The van der Waals surface area contributed by atoms with Crippen LogP contribution in [0.3, 0.4) is 0 Å². The van der Waals surface area contributed by atoms with Gasteiger partial charge in [0.05, 0.1) is 38.6 Å². The van der Waals surface area contributed by atoms with Crippen LogP contribution in [0.5, 0.6) is 5.75 Å². The van der Waals surface area contributed by atoms with Gasteiger partial charge in [-0.25, -0.2) is 5.01 Å². The Bertz CT molecular complexity index is 988. The summed E-state index contributed by atoms with van der Waals surface area (Å²) in [6.07, 6.45) is 1.01. The number of hydrogen-bond acceptors (Lipinski definition) is 6. The number of rotatable bonds is 9. The van der Waals surface area contributed by atoms with Crippen molar-refractivity contribution in [2.45, 2.75) is 25.3 Å². The lowest BCUT2D eigenvalue weighted by Gasteiger charge is -2.35. The molecule has 0 aromatic heterocycles. The minimum absolute atomic E-state index is 0.0334. The van der Waals surface area contributed by atoms with Gasteiger partial charge in [0.15, 0.2) is 0 Å². The average Bonchev–Trinajstić information content (AvgIpc) is 3.39. The maximum atomic E-state index is 12.6. The van der Waals surface area contributed by atoms with Gasteiger partial charge in [-0.15, -0.1) is 0 Å². The molecule has 0 spiro atoms. The molecule has 1 saturated heterocycles. The number of nitrogens with one attached hydrogen (secondary N) is 1. The monoisotopic (exact) mass is 464 g/mol. The second kappa shape index (κ2) is 11.8. The molecule has 2 amide bonds. The van der Waals surface area contributed by atoms with Crippen molar-refractivity contribution in [3.63, 3.8) is 0 Å². The Morgan fingerprint density at radius 2 is 1.76 bits per heavy atom. The second-order valence-corrected chi connectivity index (χ2v) is 8.42. The predicted molar refractivity (Wildman–Crippen MR) is 130 cm³/mol. The lowest BCUT2D eigenvalue weighted by atomic mass is 10.0. The van der Waals surface area contributed by atoms with E-state index in [-0.39, 0.29) is 30.7 Å². The first kappa shape index (κ1) is 23.9. The molecule has 1 N–H and O–H groups in total. The highest BCUT2D eigenvalue weighted by molar-refractivity contribution is 6.02. The number of carbonyl (C=O) groups excluding carboxylic acids is 2. The predicted octanol–water partition coefficient (Wildman–Crippen LogP) is 2.60. The summed E-state index contributed by atoms with van der Waals surface area (Å²) >= 11 is 0. The molecule has 1 atom stereocenters. The van der Waals surface area contributed by atoms with E-state index in [0.717, 1.165) is 42.1 Å². The van der Waals surface area contributed by atoms with Crippen molar-refractivity contribution < 1.29 is 19.1 Å². The second-order valence-electron chi connectivity index (χ2n) is 8.42. The van der Waals surface area contributed by atoms with E-state index < -0.39 is 0 Å². The van der Waals surface area contributed by atoms with Gasteiger partial charge in [-0.2, -0.15) is 5.10 Å². The average molecular weight is 465 g/mol. The summed E-state index contributed by atoms with van der Waals surface area (Å²) in [5, 5.41) is 8.98. The summed E-state index contributed by atoms with van der Waals surface area (Å²) in [7, 11) is 1.64. The molecule has 8 heteroatoms. The third-order valence-electron chi connectivity index (χ3n) is 6.24. The van der Waals surface area contributed by atoms with Crippen LogP contribution in [0.4, 0.5) is 0 Å².